The maximum absolute atomic E-state index is 6.02. The Bertz CT molecular complexity index is 251. The van der Waals surface area contributed by atoms with E-state index in [4.69, 9.17) is 5.73 Å². The first kappa shape index (κ1) is 10.1. The maximum Gasteiger partial charge on any atom is 0.115 e. The van der Waals surface area contributed by atoms with Gasteiger partial charge in [0.25, 0.3) is 0 Å². The standard InChI is InChI=1S/C10H17N3/c1-10(2,3)9(11)6-8-4-5-12-7-13-8/h4-5,7,9H,6,11H2,1-3H3. The zero-order chi connectivity index (χ0) is 9.90. The van der Waals surface area contributed by atoms with E-state index in [1.165, 1.54) is 0 Å². The molecule has 3 heteroatoms. The van der Waals surface area contributed by atoms with Crippen LogP contribution in [0.15, 0.2) is 18.6 Å². The van der Waals surface area contributed by atoms with Crippen LogP contribution in [0, 0.1) is 5.41 Å². The van der Waals surface area contributed by atoms with E-state index in [1.807, 2.05) is 6.07 Å². The molecule has 13 heavy (non-hydrogen) atoms. The fraction of sp³-hybridized carbons (Fsp3) is 0.600. The molecular formula is C10H17N3. The molecule has 0 bridgehead atoms. The molecule has 2 N–H and O–H groups in total. The number of rotatable bonds is 2. The topological polar surface area (TPSA) is 51.8 Å². The molecule has 0 aliphatic heterocycles. The van der Waals surface area contributed by atoms with Crippen LogP contribution >= 0.6 is 0 Å². The molecule has 0 saturated carbocycles. The fourth-order valence-electron chi connectivity index (χ4n) is 0.970. The molecule has 1 rings (SSSR count). The van der Waals surface area contributed by atoms with Gasteiger partial charge in [0.05, 0.1) is 0 Å². The van der Waals surface area contributed by atoms with Crippen molar-refractivity contribution in [1.82, 2.24) is 9.97 Å². The second kappa shape index (κ2) is 3.83. The lowest BCUT2D eigenvalue weighted by molar-refractivity contribution is 0.317. The van der Waals surface area contributed by atoms with Crippen molar-refractivity contribution in [1.29, 1.82) is 0 Å². The lowest BCUT2D eigenvalue weighted by Crippen LogP contribution is -2.37. The summed E-state index contributed by atoms with van der Waals surface area (Å²) in [6, 6.07) is 2.05. The Hall–Kier alpha value is -0.960. The largest absolute Gasteiger partial charge is 0.327 e. The van der Waals surface area contributed by atoms with Crippen LogP contribution < -0.4 is 5.73 Å². The smallest absolute Gasteiger partial charge is 0.115 e. The van der Waals surface area contributed by atoms with E-state index in [2.05, 4.69) is 30.7 Å². The highest BCUT2D eigenvalue weighted by Crippen LogP contribution is 2.19. The van der Waals surface area contributed by atoms with Crippen molar-refractivity contribution < 1.29 is 0 Å². The zero-order valence-electron chi connectivity index (χ0n) is 8.49. The quantitative estimate of drug-likeness (QED) is 0.746. The van der Waals surface area contributed by atoms with Gasteiger partial charge in [0.15, 0.2) is 0 Å². The molecular weight excluding hydrogens is 162 g/mol. The maximum atomic E-state index is 6.02. The highest BCUT2D eigenvalue weighted by Gasteiger charge is 2.20. The fourth-order valence-corrected chi connectivity index (χ4v) is 0.970. The Morgan fingerprint density at radius 2 is 2.15 bits per heavy atom. The van der Waals surface area contributed by atoms with Crippen molar-refractivity contribution in [2.45, 2.75) is 33.2 Å². The predicted octanol–water partition coefficient (Wildman–Crippen LogP) is 1.39. The zero-order valence-corrected chi connectivity index (χ0v) is 8.49. The molecule has 3 nitrogen and oxygen atoms in total. The van der Waals surface area contributed by atoms with Crippen molar-refractivity contribution in [3.05, 3.63) is 24.3 Å². The highest BCUT2D eigenvalue weighted by molar-refractivity contribution is 5.01. The van der Waals surface area contributed by atoms with Crippen molar-refractivity contribution in [2.75, 3.05) is 0 Å². The van der Waals surface area contributed by atoms with Crippen LogP contribution in [-0.2, 0) is 6.42 Å². The van der Waals surface area contributed by atoms with Crippen LogP contribution in [0.25, 0.3) is 0 Å². The number of hydrogen-bond donors (Lipinski definition) is 1. The van der Waals surface area contributed by atoms with E-state index in [-0.39, 0.29) is 11.5 Å². The second-order valence-corrected chi connectivity index (χ2v) is 4.38. The number of aromatic nitrogens is 2. The van der Waals surface area contributed by atoms with E-state index in [0.717, 1.165) is 12.1 Å². The van der Waals surface area contributed by atoms with Crippen LogP contribution in [0.3, 0.4) is 0 Å². The summed E-state index contributed by atoms with van der Waals surface area (Å²) in [4.78, 5) is 8.00. The SMILES string of the molecule is CC(C)(C)C(N)Cc1ccncn1. The van der Waals surface area contributed by atoms with Gasteiger partial charge in [-0.1, -0.05) is 20.8 Å². The van der Waals surface area contributed by atoms with E-state index in [0.29, 0.717) is 0 Å². The van der Waals surface area contributed by atoms with Gasteiger partial charge in [0.1, 0.15) is 6.33 Å². The van der Waals surface area contributed by atoms with Gasteiger partial charge in [-0.3, -0.25) is 0 Å². The first-order valence-corrected chi connectivity index (χ1v) is 4.50. The third-order valence-electron chi connectivity index (χ3n) is 2.18. The lowest BCUT2D eigenvalue weighted by Gasteiger charge is -2.26. The average molecular weight is 179 g/mol. The summed E-state index contributed by atoms with van der Waals surface area (Å²) >= 11 is 0. The minimum absolute atomic E-state index is 0.130. The number of hydrogen-bond acceptors (Lipinski definition) is 3. The summed E-state index contributed by atoms with van der Waals surface area (Å²) in [6.07, 6.45) is 4.12. The van der Waals surface area contributed by atoms with Crippen LogP contribution in [0.5, 0.6) is 0 Å². The summed E-state index contributed by atoms with van der Waals surface area (Å²) < 4.78 is 0. The van der Waals surface area contributed by atoms with Gasteiger partial charge >= 0.3 is 0 Å². The summed E-state index contributed by atoms with van der Waals surface area (Å²) in [7, 11) is 0. The summed E-state index contributed by atoms with van der Waals surface area (Å²) in [5.41, 5.74) is 7.16. The Kier molecular flexibility index (Phi) is 2.98. The Morgan fingerprint density at radius 3 is 2.62 bits per heavy atom. The lowest BCUT2D eigenvalue weighted by atomic mass is 9.85. The van der Waals surface area contributed by atoms with Crippen molar-refractivity contribution in [3.63, 3.8) is 0 Å². The first-order chi connectivity index (χ1) is 6.00. The van der Waals surface area contributed by atoms with Gasteiger partial charge in [-0.25, -0.2) is 9.97 Å². The van der Waals surface area contributed by atoms with Gasteiger partial charge in [0, 0.05) is 24.4 Å². The van der Waals surface area contributed by atoms with Crippen LogP contribution in [0.1, 0.15) is 26.5 Å². The Labute approximate surface area is 79.4 Å². The minimum atomic E-state index is 0.130. The molecule has 1 heterocycles. The van der Waals surface area contributed by atoms with Crippen LogP contribution in [0.4, 0.5) is 0 Å². The minimum Gasteiger partial charge on any atom is -0.327 e. The van der Waals surface area contributed by atoms with Crippen molar-refractivity contribution in [2.24, 2.45) is 11.1 Å². The van der Waals surface area contributed by atoms with E-state index < -0.39 is 0 Å². The van der Waals surface area contributed by atoms with Crippen LogP contribution in [0.2, 0.25) is 0 Å². The third-order valence-corrected chi connectivity index (χ3v) is 2.18. The molecule has 0 aromatic carbocycles. The highest BCUT2D eigenvalue weighted by atomic mass is 14.8. The average Bonchev–Trinajstić information content (AvgIpc) is 2.04. The number of nitrogens with two attached hydrogens (primary N) is 1. The van der Waals surface area contributed by atoms with Crippen molar-refractivity contribution >= 4 is 0 Å². The summed E-state index contributed by atoms with van der Waals surface area (Å²) in [6.45, 7) is 6.41. The van der Waals surface area contributed by atoms with E-state index in [9.17, 15) is 0 Å². The normalized spacial score (nSPS) is 14.2. The van der Waals surface area contributed by atoms with Gasteiger partial charge in [-0.15, -0.1) is 0 Å². The van der Waals surface area contributed by atoms with Gasteiger partial charge in [0.2, 0.25) is 0 Å². The molecule has 0 amide bonds. The molecule has 0 spiro atoms. The molecule has 1 atom stereocenters. The molecule has 1 aromatic heterocycles. The molecule has 0 aliphatic rings. The second-order valence-electron chi connectivity index (χ2n) is 4.38. The van der Waals surface area contributed by atoms with Gasteiger partial charge in [-0.2, -0.15) is 0 Å². The molecule has 0 radical (unpaired) electrons. The molecule has 0 fully saturated rings. The number of nitrogens with zero attached hydrogens (tertiary/aromatic N) is 2. The third kappa shape index (κ3) is 3.11. The van der Waals surface area contributed by atoms with Gasteiger partial charge in [-0.05, 0) is 11.5 Å². The van der Waals surface area contributed by atoms with Crippen LogP contribution in [-0.4, -0.2) is 16.0 Å². The molecule has 0 saturated heterocycles. The summed E-state index contributed by atoms with van der Waals surface area (Å²) in [5, 5.41) is 0. The monoisotopic (exact) mass is 179 g/mol. The summed E-state index contributed by atoms with van der Waals surface area (Å²) in [5.74, 6) is 0. The van der Waals surface area contributed by atoms with Gasteiger partial charge < -0.3 is 5.73 Å². The van der Waals surface area contributed by atoms with E-state index >= 15 is 0 Å². The molecule has 1 unspecified atom stereocenters. The van der Waals surface area contributed by atoms with E-state index in [1.54, 1.807) is 12.5 Å². The molecule has 0 aliphatic carbocycles. The Balaban J connectivity index is 2.61. The van der Waals surface area contributed by atoms with Crippen molar-refractivity contribution in [3.8, 4) is 0 Å². The Morgan fingerprint density at radius 1 is 1.46 bits per heavy atom. The molecule has 72 valence electrons. The predicted molar refractivity (Wildman–Crippen MR) is 53.2 cm³/mol. The first-order valence-electron chi connectivity index (χ1n) is 4.50. The molecule has 1 aromatic rings.